The van der Waals surface area contributed by atoms with Crippen LogP contribution in [0.2, 0.25) is 0 Å². The van der Waals surface area contributed by atoms with Crippen molar-refractivity contribution < 1.29 is 9.53 Å². The Hall–Kier alpha value is -2.80. The molecule has 5 rings (SSSR count). The van der Waals surface area contributed by atoms with Crippen molar-refractivity contribution in [2.75, 3.05) is 7.11 Å². The second kappa shape index (κ2) is 7.22. The van der Waals surface area contributed by atoms with Crippen LogP contribution < -0.4 is 10.2 Å². The number of hydrogen-bond acceptors (Lipinski definition) is 5. The number of ether oxygens (including phenoxy) is 1. The number of aromatic nitrogens is 2. The van der Waals surface area contributed by atoms with E-state index in [9.17, 15) is 4.79 Å². The first kappa shape index (κ1) is 18.2. The number of methoxy groups -OCH3 is 1. The topological polar surface area (TPSA) is 68.5 Å². The molecule has 0 spiro atoms. The second-order valence-electron chi connectivity index (χ2n) is 7.58. The van der Waals surface area contributed by atoms with Crippen LogP contribution >= 0.6 is 11.8 Å². The number of hydrazone groups is 1. The summed E-state index contributed by atoms with van der Waals surface area (Å²) in [6.07, 6.45) is 2.56. The largest absolute Gasteiger partial charge is 0.497 e. The van der Waals surface area contributed by atoms with E-state index in [4.69, 9.17) is 9.72 Å². The summed E-state index contributed by atoms with van der Waals surface area (Å²) in [7, 11) is 1.68. The van der Waals surface area contributed by atoms with Gasteiger partial charge in [0.1, 0.15) is 11.6 Å². The van der Waals surface area contributed by atoms with Crippen molar-refractivity contribution in [1.29, 1.82) is 0 Å². The molecule has 1 fully saturated rings. The summed E-state index contributed by atoms with van der Waals surface area (Å²) in [6, 6.07) is 14.3. The lowest BCUT2D eigenvalue weighted by Gasteiger charge is -2.18. The van der Waals surface area contributed by atoms with Gasteiger partial charge < -0.3 is 9.30 Å². The highest BCUT2D eigenvalue weighted by molar-refractivity contribution is 8.14. The predicted octanol–water partition coefficient (Wildman–Crippen LogP) is 4.67. The van der Waals surface area contributed by atoms with E-state index in [0.717, 1.165) is 51.9 Å². The average Bonchev–Trinajstić information content (AvgIpc) is 3.48. The van der Waals surface area contributed by atoms with Crippen LogP contribution in [0, 0.1) is 5.92 Å². The predicted molar refractivity (Wildman–Crippen MR) is 117 cm³/mol. The minimum absolute atomic E-state index is 0.00704. The van der Waals surface area contributed by atoms with Crippen molar-refractivity contribution in [2.45, 2.75) is 31.6 Å². The number of amides is 1. The maximum absolute atomic E-state index is 11.5. The number of imidazole rings is 1. The van der Waals surface area contributed by atoms with Crippen LogP contribution in [0.3, 0.4) is 0 Å². The number of nitrogens with one attached hydrogen (secondary N) is 1. The Morgan fingerprint density at radius 1 is 1.21 bits per heavy atom. The smallest absolute Gasteiger partial charge is 0.299 e. The van der Waals surface area contributed by atoms with Crippen LogP contribution in [-0.4, -0.2) is 32.9 Å². The quantitative estimate of drug-likeness (QED) is 0.668. The fourth-order valence-corrected chi connectivity index (χ4v) is 4.47. The first-order valence-corrected chi connectivity index (χ1v) is 10.7. The van der Waals surface area contributed by atoms with E-state index >= 15 is 0 Å². The third-order valence-electron chi connectivity index (χ3n) is 5.45. The zero-order valence-corrected chi connectivity index (χ0v) is 17.2. The summed E-state index contributed by atoms with van der Waals surface area (Å²) >= 11 is 1.26. The first-order chi connectivity index (χ1) is 14.1. The van der Waals surface area contributed by atoms with Gasteiger partial charge in [0, 0.05) is 17.7 Å². The standard InChI is InChI=1S/C22H22N4O2S/c1-13-20(24-25-22(27)29-13)15-8-9-19-18(11-15)23-21(26(19)12-14-6-7-14)16-4-3-5-17(10-16)28-2/h3-5,8-11,13-14H,6-7,12H2,1-2H3,(H,25,27). The van der Waals surface area contributed by atoms with Gasteiger partial charge in [0.15, 0.2) is 0 Å². The zero-order chi connectivity index (χ0) is 20.0. The van der Waals surface area contributed by atoms with Gasteiger partial charge in [-0.25, -0.2) is 10.4 Å². The van der Waals surface area contributed by atoms with E-state index < -0.39 is 0 Å². The van der Waals surface area contributed by atoms with Crippen LogP contribution in [0.5, 0.6) is 5.75 Å². The van der Waals surface area contributed by atoms with Crippen molar-refractivity contribution >= 4 is 33.7 Å². The highest BCUT2D eigenvalue weighted by Gasteiger charge is 2.26. The monoisotopic (exact) mass is 406 g/mol. The minimum atomic E-state index is -0.114. The molecule has 0 radical (unpaired) electrons. The molecule has 2 aliphatic rings. The Balaban J connectivity index is 1.62. The zero-order valence-electron chi connectivity index (χ0n) is 16.4. The molecule has 148 valence electrons. The molecule has 29 heavy (non-hydrogen) atoms. The molecule has 2 aromatic carbocycles. The number of rotatable bonds is 5. The number of carbonyl (C=O) groups is 1. The summed E-state index contributed by atoms with van der Waals surface area (Å²) in [6.45, 7) is 2.98. The summed E-state index contributed by atoms with van der Waals surface area (Å²) < 4.78 is 7.74. The van der Waals surface area contributed by atoms with Gasteiger partial charge in [-0.05, 0) is 49.9 Å². The molecule has 3 aromatic rings. The molecule has 1 saturated carbocycles. The Labute approximate surface area is 173 Å². The molecule has 1 aliphatic heterocycles. The molecule has 1 N–H and O–H groups in total. The Bertz CT molecular complexity index is 1130. The molecule has 6 nitrogen and oxygen atoms in total. The van der Waals surface area contributed by atoms with Crippen LogP contribution in [0.25, 0.3) is 22.4 Å². The van der Waals surface area contributed by atoms with Crippen LogP contribution in [0.1, 0.15) is 25.3 Å². The Morgan fingerprint density at radius 2 is 2.07 bits per heavy atom. The molecule has 0 saturated heterocycles. The van der Waals surface area contributed by atoms with Gasteiger partial charge >= 0.3 is 0 Å². The van der Waals surface area contributed by atoms with Crippen molar-refractivity contribution in [2.24, 2.45) is 11.0 Å². The SMILES string of the molecule is COc1cccc(-c2nc3cc(C4=NNC(=O)SC4C)ccc3n2CC2CC2)c1. The Kier molecular flexibility index (Phi) is 4.54. The van der Waals surface area contributed by atoms with Gasteiger partial charge in [-0.2, -0.15) is 5.10 Å². The molecular weight excluding hydrogens is 384 g/mol. The minimum Gasteiger partial charge on any atom is -0.497 e. The molecule has 2 heterocycles. The van der Waals surface area contributed by atoms with E-state index in [-0.39, 0.29) is 10.5 Å². The lowest BCUT2D eigenvalue weighted by atomic mass is 10.1. The Morgan fingerprint density at radius 3 is 2.83 bits per heavy atom. The summed E-state index contributed by atoms with van der Waals surface area (Å²) in [5.41, 5.74) is 7.55. The van der Waals surface area contributed by atoms with Gasteiger partial charge in [0.05, 0.1) is 29.1 Å². The third kappa shape index (κ3) is 3.51. The van der Waals surface area contributed by atoms with E-state index in [1.165, 1.54) is 24.6 Å². The van der Waals surface area contributed by atoms with Gasteiger partial charge in [0.25, 0.3) is 5.24 Å². The molecule has 1 unspecified atom stereocenters. The fourth-order valence-electron chi connectivity index (χ4n) is 3.75. The van der Waals surface area contributed by atoms with Crippen LogP contribution in [0.15, 0.2) is 47.6 Å². The van der Waals surface area contributed by atoms with Crippen molar-refractivity contribution in [3.8, 4) is 17.1 Å². The summed E-state index contributed by atoms with van der Waals surface area (Å²) in [4.78, 5) is 16.5. The molecule has 0 bridgehead atoms. The van der Waals surface area contributed by atoms with Gasteiger partial charge in [-0.1, -0.05) is 30.0 Å². The van der Waals surface area contributed by atoms with Crippen LogP contribution in [0.4, 0.5) is 4.79 Å². The molecule has 1 amide bonds. The average molecular weight is 407 g/mol. The van der Waals surface area contributed by atoms with Crippen molar-refractivity contribution in [3.05, 3.63) is 48.0 Å². The maximum atomic E-state index is 11.5. The van der Waals surface area contributed by atoms with Gasteiger partial charge in [-0.15, -0.1) is 0 Å². The third-order valence-corrected chi connectivity index (χ3v) is 6.33. The number of hydrogen-bond donors (Lipinski definition) is 1. The van der Waals surface area contributed by atoms with Crippen molar-refractivity contribution in [3.63, 3.8) is 0 Å². The van der Waals surface area contributed by atoms with Gasteiger partial charge in [-0.3, -0.25) is 4.79 Å². The summed E-state index contributed by atoms with van der Waals surface area (Å²) in [5, 5.41) is 4.17. The lowest BCUT2D eigenvalue weighted by molar-refractivity contribution is 0.261. The van der Waals surface area contributed by atoms with E-state index in [0.29, 0.717) is 0 Å². The fraction of sp³-hybridized carbons (Fsp3) is 0.318. The molecular formula is C22H22N4O2S. The van der Waals surface area contributed by atoms with Crippen molar-refractivity contribution in [1.82, 2.24) is 15.0 Å². The number of nitrogens with zero attached hydrogens (tertiary/aromatic N) is 3. The van der Waals surface area contributed by atoms with Crippen LogP contribution in [-0.2, 0) is 6.54 Å². The maximum Gasteiger partial charge on any atom is 0.299 e. The van der Waals surface area contributed by atoms with E-state index in [1.54, 1.807) is 7.11 Å². The normalized spacial score (nSPS) is 19.2. The summed E-state index contributed by atoms with van der Waals surface area (Å²) in [5.74, 6) is 2.52. The number of benzene rings is 2. The second-order valence-corrected chi connectivity index (χ2v) is 8.89. The van der Waals surface area contributed by atoms with E-state index in [2.05, 4.69) is 39.4 Å². The van der Waals surface area contributed by atoms with Gasteiger partial charge in [0.2, 0.25) is 0 Å². The highest BCUT2D eigenvalue weighted by Crippen LogP contribution is 2.35. The molecule has 1 aromatic heterocycles. The highest BCUT2D eigenvalue weighted by atomic mass is 32.2. The number of thioether (sulfide) groups is 1. The molecule has 1 atom stereocenters. The lowest BCUT2D eigenvalue weighted by Crippen LogP contribution is -2.29. The molecule has 1 aliphatic carbocycles. The first-order valence-electron chi connectivity index (χ1n) is 9.81. The molecule has 7 heteroatoms. The van der Waals surface area contributed by atoms with E-state index in [1.807, 2.05) is 25.1 Å². The number of fused-ring (bicyclic) bond motifs is 1. The number of carbonyl (C=O) groups excluding carboxylic acids is 1.